The fraction of sp³-hybridized carbons (Fsp3) is 0.176. The largest absolute Gasteiger partial charge is 0.495 e. The average molecular weight is 320 g/mol. The van der Waals surface area contributed by atoms with Crippen LogP contribution in [0.25, 0.3) is 11.3 Å². The number of ether oxygens (including phenoxy) is 1. The van der Waals surface area contributed by atoms with E-state index in [0.717, 1.165) is 22.5 Å². The molecule has 3 rings (SSSR count). The molecule has 0 fully saturated rings. The van der Waals surface area contributed by atoms with Gasteiger partial charge in [-0.25, -0.2) is 9.97 Å². The van der Waals surface area contributed by atoms with Gasteiger partial charge in [0.2, 0.25) is 5.95 Å². The minimum Gasteiger partial charge on any atom is -0.495 e. The normalized spacial score (nSPS) is 10.2. The maximum atomic E-state index is 9.26. The van der Waals surface area contributed by atoms with E-state index < -0.39 is 0 Å². The second kappa shape index (κ2) is 6.38. The molecular formula is C17H16N6O. The van der Waals surface area contributed by atoms with E-state index in [2.05, 4.69) is 26.5 Å². The first-order chi connectivity index (χ1) is 11.6. The summed E-state index contributed by atoms with van der Waals surface area (Å²) in [5.74, 6) is 1.01. The van der Waals surface area contributed by atoms with Gasteiger partial charge in [-0.15, -0.1) is 0 Å². The molecule has 0 radical (unpaired) electrons. The van der Waals surface area contributed by atoms with E-state index in [1.165, 1.54) is 0 Å². The molecule has 1 N–H and O–H groups in total. The minimum absolute atomic E-state index is 0.467. The van der Waals surface area contributed by atoms with Crippen molar-refractivity contribution in [1.29, 1.82) is 5.26 Å². The molecule has 2 aromatic heterocycles. The van der Waals surface area contributed by atoms with Crippen LogP contribution in [0.2, 0.25) is 0 Å². The lowest BCUT2D eigenvalue weighted by molar-refractivity contribution is 0.413. The van der Waals surface area contributed by atoms with Crippen molar-refractivity contribution in [2.24, 2.45) is 7.05 Å². The van der Waals surface area contributed by atoms with Crippen molar-refractivity contribution in [3.63, 3.8) is 0 Å². The quantitative estimate of drug-likeness (QED) is 0.795. The van der Waals surface area contributed by atoms with Gasteiger partial charge in [-0.3, -0.25) is 4.68 Å². The first-order valence-electron chi connectivity index (χ1n) is 7.28. The number of aryl methyl sites for hydroxylation is 2. The average Bonchev–Trinajstić information content (AvgIpc) is 3.00. The lowest BCUT2D eigenvalue weighted by Crippen LogP contribution is -2.00. The van der Waals surface area contributed by atoms with Crippen molar-refractivity contribution < 1.29 is 4.74 Å². The van der Waals surface area contributed by atoms with Crippen molar-refractivity contribution in [2.45, 2.75) is 6.92 Å². The highest BCUT2D eigenvalue weighted by molar-refractivity contribution is 5.68. The van der Waals surface area contributed by atoms with Crippen LogP contribution >= 0.6 is 0 Å². The first-order valence-corrected chi connectivity index (χ1v) is 7.28. The fourth-order valence-electron chi connectivity index (χ4n) is 2.35. The molecule has 1 aromatic carbocycles. The summed E-state index contributed by atoms with van der Waals surface area (Å²) in [5, 5.41) is 16.5. The van der Waals surface area contributed by atoms with Gasteiger partial charge >= 0.3 is 0 Å². The Hall–Kier alpha value is -3.40. The van der Waals surface area contributed by atoms with Gasteiger partial charge < -0.3 is 10.1 Å². The fourth-order valence-corrected chi connectivity index (χ4v) is 2.35. The molecule has 0 spiro atoms. The first kappa shape index (κ1) is 15.5. The van der Waals surface area contributed by atoms with Crippen molar-refractivity contribution in [3.8, 4) is 23.1 Å². The predicted molar refractivity (Wildman–Crippen MR) is 90.0 cm³/mol. The molecule has 120 valence electrons. The van der Waals surface area contributed by atoms with Crippen LogP contribution in [-0.4, -0.2) is 26.9 Å². The zero-order chi connectivity index (χ0) is 17.1. The maximum absolute atomic E-state index is 9.26. The molecule has 0 unspecified atom stereocenters. The minimum atomic E-state index is 0.467. The Kier molecular flexibility index (Phi) is 4.12. The molecular weight excluding hydrogens is 304 g/mol. The summed E-state index contributed by atoms with van der Waals surface area (Å²) in [6, 6.07) is 7.55. The standard InChI is InChI=1S/C17H16N6O/c1-11-8-19-17(21-14-9-20-23(2)10-14)22-16(11)12-4-5-15(24-3)13(6-12)7-18/h4-6,8-10H,1-3H3,(H,19,21,22). The third-order valence-electron chi connectivity index (χ3n) is 3.53. The van der Waals surface area contributed by atoms with Crippen LogP contribution in [0.15, 0.2) is 36.8 Å². The lowest BCUT2D eigenvalue weighted by atomic mass is 10.0. The van der Waals surface area contributed by atoms with E-state index in [0.29, 0.717) is 17.3 Å². The molecule has 2 heterocycles. The van der Waals surface area contributed by atoms with Crippen LogP contribution in [-0.2, 0) is 7.05 Å². The highest BCUT2D eigenvalue weighted by Gasteiger charge is 2.11. The number of aromatic nitrogens is 4. The SMILES string of the molecule is COc1ccc(-c2nc(Nc3cnn(C)c3)ncc2C)cc1C#N. The third-order valence-corrected chi connectivity index (χ3v) is 3.53. The van der Waals surface area contributed by atoms with Crippen LogP contribution in [0.5, 0.6) is 5.75 Å². The van der Waals surface area contributed by atoms with Gasteiger partial charge in [0, 0.05) is 25.0 Å². The number of hydrogen-bond acceptors (Lipinski definition) is 6. The summed E-state index contributed by atoms with van der Waals surface area (Å²) in [6.07, 6.45) is 5.28. The summed E-state index contributed by atoms with van der Waals surface area (Å²) in [5.41, 5.74) is 3.78. The van der Waals surface area contributed by atoms with E-state index in [4.69, 9.17) is 4.74 Å². The topological polar surface area (TPSA) is 88.7 Å². The van der Waals surface area contributed by atoms with E-state index in [1.807, 2.05) is 26.2 Å². The summed E-state index contributed by atoms with van der Waals surface area (Å²) >= 11 is 0. The van der Waals surface area contributed by atoms with E-state index in [1.54, 1.807) is 36.3 Å². The van der Waals surface area contributed by atoms with E-state index in [-0.39, 0.29) is 0 Å². The van der Waals surface area contributed by atoms with Gasteiger partial charge in [0.15, 0.2) is 0 Å². The van der Waals surface area contributed by atoms with Crippen LogP contribution in [0.3, 0.4) is 0 Å². The Morgan fingerprint density at radius 2 is 2.12 bits per heavy atom. The van der Waals surface area contributed by atoms with Crippen molar-refractivity contribution in [1.82, 2.24) is 19.7 Å². The van der Waals surface area contributed by atoms with Crippen molar-refractivity contribution >= 4 is 11.6 Å². The Balaban J connectivity index is 1.99. The van der Waals surface area contributed by atoms with Crippen molar-refractivity contribution in [3.05, 3.63) is 47.9 Å². The van der Waals surface area contributed by atoms with Gasteiger partial charge in [-0.2, -0.15) is 10.4 Å². The molecule has 0 saturated carbocycles. The molecule has 7 nitrogen and oxygen atoms in total. The van der Waals surface area contributed by atoms with Crippen LogP contribution < -0.4 is 10.1 Å². The summed E-state index contributed by atoms with van der Waals surface area (Å²) in [7, 11) is 3.38. The van der Waals surface area contributed by atoms with Crippen molar-refractivity contribution in [2.75, 3.05) is 12.4 Å². The Morgan fingerprint density at radius 1 is 1.29 bits per heavy atom. The maximum Gasteiger partial charge on any atom is 0.227 e. The molecule has 0 amide bonds. The number of rotatable bonds is 4. The van der Waals surface area contributed by atoms with E-state index in [9.17, 15) is 5.26 Å². The molecule has 0 aliphatic carbocycles. The summed E-state index contributed by atoms with van der Waals surface area (Å²) in [4.78, 5) is 8.86. The highest BCUT2D eigenvalue weighted by atomic mass is 16.5. The third kappa shape index (κ3) is 3.03. The molecule has 0 aliphatic heterocycles. The number of hydrogen-bond donors (Lipinski definition) is 1. The molecule has 0 bridgehead atoms. The Labute approximate surface area is 139 Å². The zero-order valence-electron chi connectivity index (χ0n) is 13.6. The molecule has 7 heteroatoms. The number of nitrogens with one attached hydrogen (secondary N) is 1. The molecule has 24 heavy (non-hydrogen) atoms. The smallest absolute Gasteiger partial charge is 0.227 e. The molecule has 0 aliphatic rings. The number of nitriles is 1. The van der Waals surface area contributed by atoms with Gasteiger partial charge in [-0.05, 0) is 30.7 Å². The second-order valence-corrected chi connectivity index (χ2v) is 5.28. The predicted octanol–water partition coefficient (Wildman–Crippen LogP) is 2.81. The van der Waals surface area contributed by atoms with Gasteiger partial charge in [0.1, 0.15) is 11.8 Å². The monoisotopic (exact) mass is 320 g/mol. The van der Waals surface area contributed by atoms with Crippen LogP contribution in [0.4, 0.5) is 11.6 Å². The lowest BCUT2D eigenvalue weighted by Gasteiger charge is -2.10. The summed E-state index contributed by atoms with van der Waals surface area (Å²) in [6.45, 7) is 1.93. The number of methoxy groups -OCH3 is 1. The Bertz CT molecular complexity index is 925. The van der Waals surface area contributed by atoms with Gasteiger partial charge in [0.25, 0.3) is 0 Å². The van der Waals surface area contributed by atoms with Gasteiger partial charge in [-0.1, -0.05) is 0 Å². The zero-order valence-corrected chi connectivity index (χ0v) is 13.6. The van der Waals surface area contributed by atoms with Gasteiger partial charge in [0.05, 0.1) is 30.3 Å². The van der Waals surface area contributed by atoms with Crippen LogP contribution in [0, 0.1) is 18.3 Å². The summed E-state index contributed by atoms with van der Waals surface area (Å²) < 4.78 is 6.88. The second-order valence-electron chi connectivity index (χ2n) is 5.28. The molecule has 0 atom stereocenters. The molecule has 3 aromatic rings. The highest BCUT2D eigenvalue weighted by Crippen LogP contribution is 2.27. The number of benzene rings is 1. The van der Waals surface area contributed by atoms with E-state index >= 15 is 0 Å². The number of nitrogens with zero attached hydrogens (tertiary/aromatic N) is 5. The Morgan fingerprint density at radius 3 is 2.79 bits per heavy atom. The van der Waals surface area contributed by atoms with Crippen LogP contribution in [0.1, 0.15) is 11.1 Å². The number of anilines is 2. The molecule has 0 saturated heterocycles.